The molecule has 0 N–H and O–H groups in total. The Morgan fingerprint density at radius 3 is 2.38 bits per heavy atom. The van der Waals surface area contributed by atoms with Gasteiger partial charge in [0.2, 0.25) is 5.88 Å². The molecular weight excluding hydrogens is 204 g/mol. The van der Waals surface area contributed by atoms with Crippen molar-refractivity contribution in [3.8, 4) is 5.88 Å². The predicted molar refractivity (Wildman–Crippen MR) is 64.7 cm³/mol. The van der Waals surface area contributed by atoms with Crippen molar-refractivity contribution in [2.45, 2.75) is 33.6 Å². The van der Waals surface area contributed by atoms with Crippen LogP contribution >= 0.6 is 0 Å². The van der Waals surface area contributed by atoms with Crippen molar-refractivity contribution in [2.75, 3.05) is 20.3 Å². The highest BCUT2D eigenvalue weighted by Crippen LogP contribution is 2.05. The highest BCUT2D eigenvalue weighted by molar-refractivity contribution is 5.11. The fraction of sp³-hybridized carbons (Fsp3) is 0.667. The van der Waals surface area contributed by atoms with Gasteiger partial charge in [0.15, 0.2) is 0 Å². The Bertz CT molecular complexity index is 250. The minimum absolute atomic E-state index is 0.512. The van der Waals surface area contributed by atoms with Gasteiger partial charge in [0, 0.05) is 13.2 Å². The van der Waals surface area contributed by atoms with Crippen molar-refractivity contribution in [3.63, 3.8) is 0 Å². The van der Waals surface area contributed by atoms with Crippen molar-refractivity contribution >= 4 is 0 Å². The molecule has 4 heteroatoms. The van der Waals surface area contributed by atoms with Gasteiger partial charge in [-0.2, -0.15) is 5.10 Å². The molecule has 0 aliphatic heterocycles. The van der Waals surface area contributed by atoms with E-state index in [1.807, 2.05) is 26.0 Å². The molecule has 1 aromatic rings. The van der Waals surface area contributed by atoms with Gasteiger partial charge in [0.1, 0.15) is 6.61 Å². The number of aromatic nitrogens is 2. The summed E-state index contributed by atoms with van der Waals surface area (Å²) in [6, 6.07) is 3.78. The van der Waals surface area contributed by atoms with Gasteiger partial charge in [-0.1, -0.05) is 27.2 Å². The molecule has 1 rings (SSSR count). The maximum atomic E-state index is 5.28. The molecule has 0 spiro atoms. The zero-order chi connectivity index (χ0) is 12.2. The molecule has 0 bridgehead atoms. The first kappa shape index (κ1) is 14.8. The van der Waals surface area contributed by atoms with Crippen LogP contribution in [0, 0.1) is 0 Å². The molecular formula is C12H22N2O2. The van der Waals surface area contributed by atoms with E-state index in [4.69, 9.17) is 9.47 Å². The zero-order valence-corrected chi connectivity index (χ0v) is 10.7. The summed E-state index contributed by atoms with van der Waals surface area (Å²) in [5.41, 5.74) is 1.01. The van der Waals surface area contributed by atoms with Gasteiger partial charge >= 0.3 is 0 Å². The van der Waals surface area contributed by atoms with Crippen LogP contribution in [0.15, 0.2) is 12.1 Å². The largest absolute Gasteiger partial charge is 0.474 e. The van der Waals surface area contributed by atoms with Gasteiger partial charge in [0.25, 0.3) is 0 Å². The molecule has 92 valence electrons. The van der Waals surface area contributed by atoms with E-state index in [1.54, 1.807) is 7.11 Å². The summed E-state index contributed by atoms with van der Waals surface area (Å²) < 4.78 is 10.1. The summed E-state index contributed by atoms with van der Waals surface area (Å²) in [7, 11) is 1.64. The number of nitrogens with zero attached hydrogens (tertiary/aromatic N) is 2. The molecule has 0 aliphatic carbocycles. The molecule has 16 heavy (non-hydrogen) atoms. The van der Waals surface area contributed by atoms with E-state index in [0.717, 1.165) is 18.5 Å². The lowest BCUT2D eigenvalue weighted by molar-refractivity contribution is 0.143. The first-order chi connectivity index (χ1) is 7.86. The van der Waals surface area contributed by atoms with Crippen molar-refractivity contribution < 1.29 is 9.47 Å². The Balaban J connectivity index is 0.00000106. The van der Waals surface area contributed by atoms with Crippen molar-refractivity contribution in [2.24, 2.45) is 0 Å². The van der Waals surface area contributed by atoms with Crippen LogP contribution in [0.25, 0.3) is 0 Å². The second-order valence-electron chi connectivity index (χ2n) is 2.95. The van der Waals surface area contributed by atoms with Crippen LogP contribution in [-0.4, -0.2) is 30.5 Å². The number of ether oxygens (including phenoxy) is 2. The van der Waals surface area contributed by atoms with Gasteiger partial charge in [0.05, 0.1) is 12.3 Å². The van der Waals surface area contributed by atoms with Crippen LogP contribution in [0.1, 0.15) is 32.9 Å². The van der Waals surface area contributed by atoms with E-state index in [2.05, 4.69) is 17.1 Å². The summed E-state index contributed by atoms with van der Waals surface area (Å²) in [5.74, 6) is 0.557. The van der Waals surface area contributed by atoms with Crippen LogP contribution in [-0.2, 0) is 11.2 Å². The van der Waals surface area contributed by atoms with Gasteiger partial charge in [-0.3, -0.25) is 0 Å². The highest BCUT2D eigenvalue weighted by atomic mass is 16.5. The second-order valence-corrected chi connectivity index (χ2v) is 2.95. The van der Waals surface area contributed by atoms with Crippen LogP contribution in [0.3, 0.4) is 0 Å². The molecule has 0 amide bonds. The average molecular weight is 226 g/mol. The molecule has 1 heterocycles. The van der Waals surface area contributed by atoms with Gasteiger partial charge < -0.3 is 9.47 Å². The molecule has 0 unspecified atom stereocenters. The third-order valence-corrected chi connectivity index (χ3v) is 1.74. The summed E-state index contributed by atoms with van der Waals surface area (Å²) in [6.45, 7) is 7.20. The first-order valence-electron chi connectivity index (χ1n) is 5.81. The van der Waals surface area contributed by atoms with E-state index in [-0.39, 0.29) is 0 Å². The summed E-state index contributed by atoms with van der Waals surface area (Å²) in [5, 5.41) is 7.97. The minimum atomic E-state index is 0.512. The average Bonchev–Trinajstić information content (AvgIpc) is 2.35. The van der Waals surface area contributed by atoms with Crippen molar-refractivity contribution in [3.05, 3.63) is 17.8 Å². The minimum Gasteiger partial charge on any atom is -0.474 e. The molecule has 0 atom stereocenters. The van der Waals surface area contributed by atoms with E-state index >= 15 is 0 Å². The summed E-state index contributed by atoms with van der Waals surface area (Å²) >= 11 is 0. The number of hydrogen-bond acceptors (Lipinski definition) is 4. The number of methoxy groups -OCH3 is 1. The molecule has 4 nitrogen and oxygen atoms in total. The van der Waals surface area contributed by atoms with Crippen LogP contribution in [0.2, 0.25) is 0 Å². The molecule has 0 radical (unpaired) electrons. The standard InChI is InChI=1S/C10H16N2O2.C2H6/c1-3-4-9-5-6-10(12-11-9)14-8-7-13-2;1-2/h5-6H,3-4,7-8H2,1-2H3;1-2H3. The monoisotopic (exact) mass is 226 g/mol. The van der Waals surface area contributed by atoms with Gasteiger partial charge in [-0.05, 0) is 12.5 Å². The SMILES string of the molecule is CC.CCCc1ccc(OCCOC)nn1. The second kappa shape index (κ2) is 10.4. The third kappa shape index (κ3) is 6.35. The molecule has 0 aliphatic rings. The lowest BCUT2D eigenvalue weighted by Crippen LogP contribution is -2.06. The quantitative estimate of drug-likeness (QED) is 0.699. The van der Waals surface area contributed by atoms with Crippen molar-refractivity contribution in [1.82, 2.24) is 10.2 Å². The highest BCUT2D eigenvalue weighted by Gasteiger charge is 1.97. The lowest BCUT2D eigenvalue weighted by Gasteiger charge is -2.03. The molecule has 0 saturated heterocycles. The fourth-order valence-corrected chi connectivity index (χ4v) is 1.04. The van der Waals surface area contributed by atoms with Gasteiger partial charge in [-0.15, -0.1) is 5.10 Å². The molecule has 0 fully saturated rings. The number of aryl methyl sites for hydroxylation is 1. The van der Waals surface area contributed by atoms with Crippen LogP contribution in [0.4, 0.5) is 0 Å². The third-order valence-electron chi connectivity index (χ3n) is 1.74. The Labute approximate surface area is 98.0 Å². The maximum absolute atomic E-state index is 5.28. The Morgan fingerprint density at radius 1 is 1.12 bits per heavy atom. The predicted octanol–water partition coefficient (Wildman–Crippen LogP) is 2.48. The number of rotatable bonds is 6. The van der Waals surface area contributed by atoms with E-state index < -0.39 is 0 Å². The lowest BCUT2D eigenvalue weighted by atomic mass is 10.2. The van der Waals surface area contributed by atoms with Crippen molar-refractivity contribution in [1.29, 1.82) is 0 Å². The Morgan fingerprint density at radius 2 is 1.88 bits per heavy atom. The smallest absolute Gasteiger partial charge is 0.233 e. The molecule has 1 aromatic heterocycles. The molecule has 0 aromatic carbocycles. The van der Waals surface area contributed by atoms with E-state index in [9.17, 15) is 0 Å². The topological polar surface area (TPSA) is 44.2 Å². The Kier molecular flexibility index (Phi) is 9.61. The summed E-state index contributed by atoms with van der Waals surface area (Å²) in [4.78, 5) is 0. The zero-order valence-electron chi connectivity index (χ0n) is 10.7. The first-order valence-corrected chi connectivity index (χ1v) is 5.81. The Hall–Kier alpha value is -1.16. The van der Waals surface area contributed by atoms with Crippen LogP contribution in [0.5, 0.6) is 5.88 Å². The van der Waals surface area contributed by atoms with Crippen LogP contribution < -0.4 is 4.74 Å². The van der Waals surface area contributed by atoms with E-state index in [0.29, 0.717) is 19.1 Å². The maximum Gasteiger partial charge on any atom is 0.233 e. The van der Waals surface area contributed by atoms with Gasteiger partial charge in [-0.25, -0.2) is 0 Å². The summed E-state index contributed by atoms with van der Waals surface area (Å²) in [6.07, 6.45) is 2.05. The normalized spacial score (nSPS) is 9.25. The number of hydrogen-bond donors (Lipinski definition) is 0. The fourth-order valence-electron chi connectivity index (χ4n) is 1.04. The van der Waals surface area contributed by atoms with E-state index in [1.165, 1.54) is 0 Å². The molecule has 0 saturated carbocycles.